The lowest BCUT2D eigenvalue weighted by atomic mass is 10.1. The Morgan fingerprint density at radius 2 is 2.00 bits per heavy atom. The van der Waals surface area contributed by atoms with Crippen molar-refractivity contribution in [2.45, 2.75) is 33.2 Å². The standard InChI is InChI=1S/C20H24N4O/c1-14-5-4-12-24-13-19(23-20(14)24)10-11-21-15(2)17-6-8-18(9-7-17)22-16(3)25/h4-9,12-13,15,21H,10-11H2,1-3H3,(H,22,25). The quantitative estimate of drug-likeness (QED) is 0.724. The van der Waals surface area contributed by atoms with Gasteiger partial charge in [0.05, 0.1) is 5.69 Å². The highest BCUT2D eigenvalue weighted by molar-refractivity contribution is 5.88. The second-order valence-electron chi connectivity index (χ2n) is 6.38. The molecule has 1 unspecified atom stereocenters. The minimum absolute atomic E-state index is 0.0541. The summed E-state index contributed by atoms with van der Waals surface area (Å²) in [7, 11) is 0. The zero-order valence-electron chi connectivity index (χ0n) is 14.9. The Bertz CT molecular complexity index is 867. The van der Waals surface area contributed by atoms with Crippen molar-refractivity contribution in [2.24, 2.45) is 0 Å². The summed E-state index contributed by atoms with van der Waals surface area (Å²) in [5, 5.41) is 6.31. The first-order valence-electron chi connectivity index (χ1n) is 8.57. The maximum absolute atomic E-state index is 11.1. The van der Waals surface area contributed by atoms with Crippen LogP contribution in [0.4, 0.5) is 5.69 Å². The van der Waals surface area contributed by atoms with E-state index < -0.39 is 0 Å². The summed E-state index contributed by atoms with van der Waals surface area (Å²) in [6, 6.07) is 12.3. The topological polar surface area (TPSA) is 58.4 Å². The highest BCUT2D eigenvalue weighted by Gasteiger charge is 2.07. The lowest BCUT2D eigenvalue weighted by Gasteiger charge is -2.14. The maximum atomic E-state index is 11.1. The van der Waals surface area contributed by atoms with Gasteiger partial charge in [-0.15, -0.1) is 0 Å². The van der Waals surface area contributed by atoms with Gasteiger partial charge < -0.3 is 15.0 Å². The first-order chi connectivity index (χ1) is 12.0. The molecule has 0 saturated heterocycles. The second-order valence-corrected chi connectivity index (χ2v) is 6.38. The monoisotopic (exact) mass is 336 g/mol. The second kappa shape index (κ2) is 7.49. The maximum Gasteiger partial charge on any atom is 0.221 e. The molecule has 0 saturated carbocycles. The molecule has 0 bridgehead atoms. The molecule has 1 aromatic carbocycles. The molecule has 2 aromatic heterocycles. The van der Waals surface area contributed by atoms with Crippen molar-refractivity contribution >= 4 is 17.2 Å². The van der Waals surface area contributed by atoms with Crippen LogP contribution in [0.25, 0.3) is 5.65 Å². The van der Waals surface area contributed by atoms with Crippen molar-refractivity contribution in [1.29, 1.82) is 0 Å². The van der Waals surface area contributed by atoms with Gasteiger partial charge in [0.25, 0.3) is 0 Å². The van der Waals surface area contributed by atoms with Crippen LogP contribution in [-0.2, 0) is 11.2 Å². The van der Waals surface area contributed by atoms with E-state index in [9.17, 15) is 4.79 Å². The number of aryl methyl sites for hydroxylation is 1. The molecule has 0 aliphatic carbocycles. The van der Waals surface area contributed by atoms with Crippen molar-refractivity contribution in [1.82, 2.24) is 14.7 Å². The fourth-order valence-electron chi connectivity index (χ4n) is 2.92. The smallest absolute Gasteiger partial charge is 0.221 e. The van der Waals surface area contributed by atoms with Crippen LogP contribution < -0.4 is 10.6 Å². The third-order valence-corrected chi connectivity index (χ3v) is 4.29. The number of rotatable bonds is 6. The number of carbonyl (C=O) groups is 1. The summed E-state index contributed by atoms with van der Waals surface area (Å²) in [4.78, 5) is 15.8. The van der Waals surface area contributed by atoms with Crippen LogP contribution in [0, 0.1) is 6.92 Å². The zero-order chi connectivity index (χ0) is 17.8. The highest BCUT2D eigenvalue weighted by atomic mass is 16.1. The predicted molar refractivity (Wildman–Crippen MR) is 101 cm³/mol. The molecular formula is C20H24N4O. The number of pyridine rings is 1. The number of nitrogens with one attached hydrogen (secondary N) is 2. The normalized spacial score (nSPS) is 12.3. The minimum Gasteiger partial charge on any atom is -0.326 e. The van der Waals surface area contributed by atoms with Crippen LogP contribution in [0.15, 0.2) is 48.8 Å². The molecule has 0 aliphatic rings. The summed E-state index contributed by atoms with van der Waals surface area (Å²) in [6.45, 7) is 6.59. The van der Waals surface area contributed by atoms with Crippen LogP contribution in [-0.4, -0.2) is 21.8 Å². The molecule has 2 heterocycles. The van der Waals surface area contributed by atoms with E-state index in [-0.39, 0.29) is 11.9 Å². The van der Waals surface area contributed by atoms with Gasteiger partial charge in [0, 0.05) is 44.0 Å². The molecule has 1 amide bonds. The SMILES string of the molecule is CC(=O)Nc1ccc(C(C)NCCc2cn3cccc(C)c3n2)cc1. The third kappa shape index (κ3) is 4.25. The van der Waals surface area contributed by atoms with Crippen molar-refractivity contribution in [3.8, 4) is 0 Å². The summed E-state index contributed by atoms with van der Waals surface area (Å²) in [5.41, 5.74) is 5.33. The van der Waals surface area contributed by atoms with E-state index in [1.807, 2.05) is 36.5 Å². The molecule has 0 spiro atoms. The van der Waals surface area contributed by atoms with Gasteiger partial charge in [-0.05, 0) is 43.2 Å². The van der Waals surface area contributed by atoms with Crippen molar-refractivity contribution in [2.75, 3.05) is 11.9 Å². The Kier molecular flexibility index (Phi) is 5.14. The Balaban J connectivity index is 1.55. The number of aromatic nitrogens is 2. The van der Waals surface area contributed by atoms with Crippen LogP contribution in [0.5, 0.6) is 0 Å². The number of amides is 1. The number of imidazole rings is 1. The lowest BCUT2D eigenvalue weighted by molar-refractivity contribution is -0.114. The predicted octanol–water partition coefficient (Wildman–Crippen LogP) is 3.49. The zero-order valence-corrected chi connectivity index (χ0v) is 14.9. The number of fused-ring (bicyclic) bond motifs is 1. The van der Waals surface area contributed by atoms with Gasteiger partial charge in [0.2, 0.25) is 5.91 Å². The first-order valence-corrected chi connectivity index (χ1v) is 8.57. The number of carbonyl (C=O) groups excluding carboxylic acids is 1. The number of hydrogen-bond donors (Lipinski definition) is 2. The molecular weight excluding hydrogens is 312 g/mol. The van der Waals surface area contributed by atoms with Gasteiger partial charge in [0.1, 0.15) is 5.65 Å². The van der Waals surface area contributed by atoms with Gasteiger partial charge in [0.15, 0.2) is 0 Å². The van der Waals surface area contributed by atoms with Crippen LogP contribution in [0.2, 0.25) is 0 Å². The number of benzene rings is 1. The lowest BCUT2D eigenvalue weighted by Crippen LogP contribution is -2.21. The average Bonchev–Trinajstić information content (AvgIpc) is 2.99. The Hall–Kier alpha value is -2.66. The van der Waals surface area contributed by atoms with Crippen LogP contribution >= 0.6 is 0 Å². The molecule has 3 rings (SSSR count). The van der Waals surface area contributed by atoms with Crippen LogP contribution in [0.3, 0.4) is 0 Å². The summed E-state index contributed by atoms with van der Waals surface area (Å²) >= 11 is 0. The number of nitrogens with zero attached hydrogens (tertiary/aromatic N) is 2. The van der Waals surface area contributed by atoms with Gasteiger partial charge in [-0.2, -0.15) is 0 Å². The van der Waals surface area contributed by atoms with Gasteiger partial charge >= 0.3 is 0 Å². The van der Waals surface area contributed by atoms with Crippen LogP contribution in [0.1, 0.15) is 36.7 Å². The Morgan fingerprint density at radius 1 is 1.24 bits per heavy atom. The molecule has 1 atom stereocenters. The number of hydrogen-bond acceptors (Lipinski definition) is 3. The summed E-state index contributed by atoms with van der Waals surface area (Å²) in [5.74, 6) is -0.0541. The largest absolute Gasteiger partial charge is 0.326 e. The minimum atomic E-state index is -0.0541. The molecule has 5 heteroatoms. The van der Waals surface area contributed by atoms with Gasteiger partial charge in [-0.25, -0.2) is 4.98 Å². The van der Waals surface area contributed by atoms with Crippen molar-refractivity contribution < 1.29 is 4.79 Å². The molecule has 0 aliphatic heterocycles. The Morgan fingerprint density at radius 3 is 2.68 bits per heavy atom. The third-order valence-electron chi connectivity index (χ3n) is 4.29. The average molecular weight is 336 g/mol. The molecule has 25 heavy (non-hydrogen) atoms. The Labute approximate surface area is 148 Å². The fraction of sp³-hybridized carbons (Fsp3) is 0.300. The van der Waals surface area contributed by atoms with E-state index in [2.05, 4.69) is 41.1 Å². The van der Waals surface area contributed by atoms with E-state index in [1.165, 1.54) is 18.1 Å². The molecule has 2 N–H and O–H groups in total. The van der Waals surface area contributed by atoms with Gasteiger partial charge in [-0.1, -0.05) is 18.2 Å². The highest BCUT2D eigenvalue weighted by Crippen LogP contribution is 2.16. The fourth-order valence-corrected chi connectivity index (χ4v) is 2.92. The molecule has 130 valence electrons. The molecule has 0 fully saturated rings. The first kappa shape index (κ1) is 17.2. The van der Waals surface area contributed by atoms with Crippen molar-refractivity contribution in [3.63, 3.8) is 0 Å². The van der Waals surface area contributed by atoms with E-state index in [1.54, 1.807) is 0 Å². The van der Waals surface area contributed by atoms with Gasteiger partial charge in [-0.3, -0.25) is 4.79 Å². The van der Waals surface area contributed by atoms with Crippen molar-refractivity contribution in [3.05, 3.63) is 65.6 Å². The molecule has 5 nitrogen and oxygen atoms in total. The molecule has 0 radical (unpaired) electrons. The van der Waals surface area contributed by atoms with E-state index in [0.717, 1.165) is 30.0 Å². The van der Waals surface area contributed by atoms with E-state index in [0.29, 0.717) is 0 Å². The van der Waals surface area contributed by atoms with E-state index in [4.69, 9.17) is 4.98 Å². The van der Waals surface area contributed by atoms with E-state index >= 15 is 0 Å². The summed E-state index contributed by atoms with van der Waals surface area (Å²) < 4.78 is 2.08. The molecule has 3 aromatic rings. The number of anilines is 1. The summed E-state index contributed by atoms with van der Waals surface area (Å²) in [6.07, 6.45) is 5.01.